The molecule has 0 fully saturated rings. The Bertz CT molecular complexity index is 110. The molecule has 0 saturated carbocycles. The average molecular weight is 131 g/mol. The van der Waals surface area contributed by atoms with Gasteiger partial charge in [-0.05, 0) is 0 Å². The maximum Gasteiger partial charge on any atom is 0.314 e. The SMILES string of the molecule is CC(C)(C)[N+]#N.O=N[O-]. The van der Waals surface area contributed by atoms with Crippen molar-refractivity contribution in [2.75, 3.05) is 0 Å². The fraction of sp³-hybridized carbons (Fsp3) is 1.00. The molecule has 0 unspecified atom stereocenters. The largest absolute Gasteiger partial charge is 0.444 e. The topological polar surface area (TPSA) is 80.6 Å². The molecule has 0 aromatic carbocycles. The lowest BCUT2D eigenvalue weighted by atomic mass is 10.1. The van der Waals surface area contributed by atoms with Gasteiger partial charge in [0.1, 0.15) is 4.98 Å². The van der Waals surface area contributed by atoms with E-state index in [0.29, 0.717) is 0 Å². The van der Waals surface area contributed by atoms with Crippen molar-refractivity contribution in [1.82, 2.24) is 0 Å². The number of diazo groups is 1. The normalized spacial score (nSPS) is 8.22. The molecule has 0 aliphatic rings. The van der Waals surface area contributed by atoms with Gasteiger partial charge in [0.25, 0.3) is 0 Å². The van der Waals surface area contributed by atoms with Gasteiger partial charge in [-0.2, -0.15) is 0 Å². The molecule has 0 aromatic rings. The van der Waals surface area contributed by atoms with E-state index >= 15 is 0 Å². The molecule has 0 heterocycles. The van der Waals surface area contributed by atoms with Crippen LogP contribution in [0.1, 0.15) is 20.8 Å². The molecule has 0 saturated heterocycles. The first-order chi connectivity index (χ1) is 3.97. The van der Waals surface area contributed by atoms with E-state index in [0.717, 1.165) is 5.34 Å². The summed E-state index contributed by atoms with van der Waals surface area (Å²) >= 11 is 0. The van der Waals surface area contributed by atoms with E-state index in [1.54, 1.807) is 0 Å². The summed E-state index contributed by atoms with van der Waals surface area (Å²) in [4.78, 5) is 11.0. The third kappa shape index (κ3) is 47.8. The number of rotatable bonds is 0. The Hall–Kier alpha value is -1.18. The first-order valence-electron chi connectivity index (χ1n) is 2.29. The van der Waals surface area contributed by atoms with E-state index in [4.69, 9.17) is 15.5 Å². The van der Waals surface area contributed by atoms with Crippen molar-refractivity contribution in [2.45, 2.75) is 26.3 Å². The summed E-state index contributed by atoms with van der Waals surface area (Å²) in [5, 5.41) is 17.0. The molecular formula is C4H9N3O2. The molecule has 52 valence electrons. The van der Waals surface area contributed by atoms with Crippen molar-refractivity contribution in [3.63, 3.8) is 0 Å². The van der Waals surface area contributed by atoms with Gasteiger partial charge >= 0.3 is 5.54 Å². The smallest absolute Gasteiger partial charge is 0.314 e. The van der Waals surface area contributed by atoms with E-state index in [-0.39, 0.29) is 5.54 Å². The van der Waals surface area contributed by atoms with Gasteiger partial charge in [0.05, 0.1) is 0 Å². The van der Waals surface area contributed by atoms with Crippen LogP contribution in [0.25, 0.3) is 4.98 Å². The second kappa shape index (κ2) is 4.97. The number of nitrogens with zero attached hydrogens (tertiary/aromatic N) is 3. The maximum atomic E-state index is 8.03. The predicted octanol–water partition coefficient (Wildman–Crippen LogP) is 1.89. The monoisotopic (exact) mass is 131 g/mol. The molecule has 0 atom stereocenters. The van der Waals surface area contributed by atoms with Crippen LogP contribution >= 0.6 is 0 Å². The zero-order chi connectivity index (χ0) is 7.91. The van der Waals surface area contributed by atoms with Crippen molar-refractivity contribution in [3.05, 3.63) is 15.1 Å². The molecule has 5 heteroatoms. The van der Waals surface area contributed by atoms with Gasteiger partial charge < -0.3 is 10.1 Å². The molecule has 0 aliphatic heterocycles. The van der Waals surface area contributed by atoms with Crippen LogP contribution in [0, 0.1) is 15.5 Å². The summed E-state index contributed by atoms with van der Waals surface area (Å²) in [6.45, 7) is 5.48. The van der Waals surface area contributed by atoms with Gasteiger partial charge in [-0.15, -0.1) is 5.34 Å². The van der Waals surface area contributed by atoms with E-state index in [9.17, 15) is 0 Å². The van der Waals surface area contributed by atoms with Gasteiger partial charge in [0.15, 0.2) is 0 Å². The van der Waals surface area contributed by atoms with Crippen LogP contribution in [0.4, 0.5) is 0 Å². The van der Waals surface area contributed by atoms with E-state index in [1.807, 2.05) is 20.8 Å². The number of hydrogen-bond donors (Lipinski definition) is 0. The highest BCUT2D eigenvalue weighted by Crippen LogP contribution is 2.03. The minimum Gasteiger partial charge on any atom is -0.444 e. The molecule has 0 rings (SSSR count). The third-order valence-electron chi connectivity index (χ3n) is 0.300. The van der Waals surface area contributed by atoms with Crippen molar-refractivity contribution >= 4 is 0 Å². The van der Waals surface area contributed by atoms with Gasteiger partial charge in [-0.25, -0.2) is 0 Å². The lowest BCUT2D eigenvalue weighted by molar-refractivity contribution is 0.673. The molecule has 0 amide bonds. The second-order valence-electron chi connectivity index (χ2n) is 2.35. The standard InChI is InChI=1S/C4H9N2.HNO2/c1-4(2,3)6-5;2-1-3/h1-3H3;(H,2,3)/q+1;/p-1. The second-order valence-corrected chi connectivity index (χ2v) is 2.35. The Balaban J connectivity index is 0. The fourth-order valence-electron chi connectivity index (χ4n) is 0. The summed E-state index contributed by atoms with van der Waals surface area (Å²) in [7, 11) is 0. The Labute approximate surface area is 53.2 Å². The summed E-state index contributed by atoms with van der Waals surface area (Å²) in [6.07, 6.45) is 0. The summed E-state index contributed by atoms with van der Waals surface area (Å²) in [5.74, 6) is 0. The minimum atomic E-state index is -0.278. The number of hydrogen-bond acceptors (Lipinski definition) is 4. The van der Waals surface area contributed by atoms with Crippen LogP contribution in [0.5, 0.6) is 0 Å². The zero-order valence-corrected chi connectivity index (χ0v) is 5.66. The third-order valence-corrected chi connectivity index (χ3v) is 0.300. The molecule has 0 N–H and O–H groups in total. The lowest BCUT2D eigenvalue weighted by Gasteiger charge is -1.84. The summed E-state index contributed by atoms with van der Waals surface area (Å²) < 4.78 is 0. The maximum absolute atomic E-state index is 8.03. The van der Waals surface area contributed by atoms with Crippen molar-refractivity contribution < 1.29 is 0 Å². The van der Waals surface area contributed by atoms with Crippen LogP contribution < -0.4 is 0 Å². The average Bonchev–Trinajstić information content (AvgIpc) is 1.67. The molecule has 0 aliphatic carbocycles. The first-order valence-corrected chi connectivity index (χ1v) is 2.29. The summed E-state index contributed by atoms with van der Waals surface area (Å²) in [5.41, 5.74) is -0.278. The van der Waals surface area contributed by atoms with Crippen LogP contribution in [-0.4, -0.2) is 5.54 Å². The van der Waals surface area contributed by atoms with E-state index in [1.165, 1.54) is 0 Å². The van der Waals surface area contributed by atoms with Crippen molar-refractivity contribution in [2.24, 2.45) is 5.34 Å². The van der Waals surface area contributed by atoms with Gasteiger partial charge in [-0.3, -0.25) is 0 Å². The lowest BCUT2D eigenvalue weighted by Crippen LogP contribution is -2.04. The highest BCUT2D eigenvalue weighted by atomic mass is 16.6. The van der Waals surface area contributed by atoms with Gasteiger partial charge in [-0.1, -0.05) is 0 Å². The Morgan fingerprint density at radius 1 is 1.56 bits per heavy atom. The van der Waals surface area contributed by atoms with Crippen LogP contribution in [0.15, 0.2) is 5.34 Å². The molecular weight excluding hydrogens is 122 g/mol. The molecule has 0 radical (unpaired) electrons. The Morgan fingerprint density at radius 2 is 1.67 bits per heavy atom. The van der Waals surface area contributed by atoms with Crippen molar-refractivity contribution in [3.8, 4) is 0 Å². The summed E-state index contributed by atoms with van der Waals surface area (Å²) in [6, 6.07) is 0. The molecule has 5 nitrogen and oxygen atoms in total. The highest BCUT2D eigenvalue weighted by molar-refractivity contribution is 4.80. The molecule has 0 spiro atoms. The van der Waals surface area contributed by atoms with E-state index < -0.39 is 0 Å². The minimum absolute atomic E-state index is 0.278. The first kappa shape index (κ1) is 10.7. The van der Waals surface area contributed by atoms with Gasteiger partial charge in [0, 0.05) is 20.8 Å². The van der Waals surface area contributed by atoms with Crippen LogP contribution in [0.3, 0.4) is 0 Å². The molecule has 9 heavy (non-hydrogen) atoms. The zero-order valence-electron chi connectivity index (χ0n) is 5.66. The molecule has 0 bridgehead atoms. The predicted molar refractivity (Wildman–Crippen MR) is 34.0 cm³/mol. The molecule has 0 aromatic heterocycles. The fourth-order valence-corrected chi connectivity index (χ4v) is 0. The quantitative estimate of drug-likeness (QED) is 0.286. The van der Waals surface area contributed by atoms with Gasteiger partial charge in [0.2, 0.25) is 5.39 Å². The van der Waals surface area contributed by atoms with Crippen LogP contribution in [-0.2, 0) is 0 Å². The highest BCUT2D eigenvalue weighted by Gasteiger charge is 2.21. The Kier molecular flexibility index (Phi) is 5.93. The Morgan fingerprint density at radius 3 is 1.67 bits per heavy atom. The van der Waals surface area contributed by atoms with Crippen molar-refractivity contribution in [1.29, 1.82) is 5.39 Å². The van der Waals surface area contributed by atoms with Crippen LogP contribution in [0.2, 0.25) is 0 Å². The van der Waals surface area contributed by atoms with E-state index in [2.05, 4.69) is 4.98 Å².